The van der Waals surface area contributed by atoms with Crippen LogP contribution < -0.4 is 14.4 Å². The zero-order chi connectivity index (χ0) is 19.0. The van der Waals surface area contributed by atoms with E-state index in [1.807, 2.05) is 18.2 Å². The molecular weight excluding hydrogens is 342 g/mol. The van der Waals surface area contributed by atoms with Gasteiger partial charge in [0.2, 0.25) is 11.8 Å². The third kappa shape index (κ3) is 2.97. The van der Waals surface area contributed by atoms with Crippen molar-refractivity contribution < 1.29 is 19.1 Å². The lowest BCUT2D eigenvalue weighted by atomic mass is 9.73. The van der Waals surface area contributed by atoms with Gasteiger partial charge < -0.3 is 9.47 Å². The van der Waals surface area contributed by atoms with Crippen LogP contribution in [0.4, 0.5) is 5.69 Å². The van der Waals surface area contributed by atoms with Crippen molar-refractivity contribution in [1.82, 2.24) is 0 Å². The van der Waals surface area contributed by atoms with Crippen molar-refractivity contribution in [3.05, 3.63) is 54.1 Å². The Labute approximate surface area is 158 Å². The van der Waals surface area contributed by atoms with Crippen LogP contribution in [0.5, 0.6) is 11.5 Å². The molecule has 1 aliphatic carbocycles. The fourth-order valence-corrected chi connectivity index (χ4v) is 4.42. The highest BCUT2D eigenvalue weighted by molar-refractivity contribution is 6.22. The Kier molecular flexibility index (Phi) is 4.60. The van der Waals surface area contributed by atoms with Crippen molar-refractivity contribution in [1.29, 1.82) is 0 Å². The maximum Gasteiger partial charge on any atom is 0.237 e. The fraction of sp³-hybridized carbons (Fsp3) is 0.364. The molecule has 0 N–H and O–H groups in total. The Morgan fingerprint density at radius 1 is 0.889 bits per heavy atom. The van der Waals surface area contributed by atoms with Crippen molar-refractivity contribution in [2.45, 2.75) is 25.2 Å². The van der Waals surface area contributed by atoms with E-state index in [4.69, 9.17) is 9.47 Å². The molecule has 1 saturated heterocycles. The molecule has 0 aromatic heterocycles. The van der Waals surface area contributed by atoms with Crippen molar-refractivity contribution in [2.75, 3.05) is 19.1 Å². The second-order valence-electron chi connectivity index (χ2n) is 7.18. The second-order valence-corrected chi connectivity index (χ2v) is 7.18. The summed E-state index contributed by atoms with van der Waals surface area (Å²) < 4.78 is 10.7. The Bertz CT molecular complexity index is 864. The molecule has 5 heteroatoms. The molecule has 1 heterocycles. The quantitative estimate of drug-likeness (QED) is 0.774. The van der Waals surface area contributed by atoms with Crippen molar-refractivity contribution in [3.8, 4) is 11.5 Å². The van der Waals surface area contributed by atoms with Crippen molar-refractivity contribution >= 4 is 17.5 Å². The molecule has 5 nitrogen and oxygen atoms in total. The van der Waals surface area contributed by atoms with Gasteiger partial charge in [-0.25, -0.2) is 4.90 Å². The number of methoxy groups -OCH3 is 2. The van der Waals surface area contributed by atoms with Gasteiger partial charge in [-0.05, 0) is 42.9 Å². The topological polar surface area (TPSA) is 55.8 Å². The standard InChI is InChI=1S/C22H23NO4/c1-26-16-9-11-20(27-2)19(13-16)23-21(24)17-10-8-15(12-18(17)22(23)25)14-6-4-3-5-7-14/h3-7,9,11,13,15,17-18H,8,10,12H2,1-2H3. The molecule has 2 aromatic rings. The number of anilines is 1. The minimum atomic E-state index is -0.271. The van der Waals surface area contributed by atoms with E-state index in [0.29, 0.717) is 29.5 Å². The van der Waals surface area contributed by atoms with Crippen LogP contribution in [-0.2, 0) is 9.59 Å². The van der Waals surface area contributed by atoms with Gasteiger partial charge in [0.1, 0.15) is 11.5 Å². The summed E-state index contributed by atoms with van der Waals surface area (Å²) in [5, 5.41) is 0. The van der Waals surface area contributed by atoms with Gasteiger partial charge in [0, 0.05) is 6.07 Å². The molecule has 2 aromatic carbocycles. The van der Waals surface area contributed by atoms with E-state index in [-0.39, 0.29) is 23.7 Å². The summed E-state index contributed by atoms with van der Waals surface area (Å²) >= 11 is 0. The number of rotatable bonds is 4. The lowest BCUT2D eigenvalue weighted by Gasteiger charge is -2.28. The van der Waals surface area contributed by atoms with E-state index in [1.54, 1.807) is 25.3 Å². The van der Waals surface area contributed by atoms with E-state index in [1.165, 1.54) is 17.6 Å². The molecule has 0 radical (unpaired) electrons. The summed E-state index contributed by atoms with van der Waals surface area (Å²) in [6, 6.07) is 15.4. The summed E-state index contributed by atoms with van der Waals surface area (Å²) in [5.74, 6) is 0.636. The van der Waals surface area contributed by atoms with Crippen LogP contribution in [0, 0.1) is 11.8 Å². The first-order valence-corrected chi connectivity index (χ1v) is 9.28. The van der Waals surface area contributed by atoms with Crippen molar-refractivity contribution in [2.24, 2.45) is 11.8 Å². The van der Waals surface area contributed by atoms with Gasteiger partial charge in [-0.1, -0.05) is 30.3 Å². The number of ether oxygens (including phenoxy) is 2. The first-order valence-electron chi connectivity index (χ1n) is 9.28. The molecule has 140 valence electrons. The number of hydrogen-bond acceptors (Lipinski definition) is 4. The van der Waals surface area contributed by atoms with Crippen LogP contribution in [-0.4, -0.2) is 26.0 Å². The predicted octanol–water partition coefficient (Wildman–Crippen LogP) is 3.78. The summed E-state index contributed by atoms with van der Waals surface area (Å²) in [4.78, 5) is 27.6. The molecule has 2 fully saturated rings. The number of carbonyl (C=O) groups excluding carboxylic acids is 2. The highest BCUT2D eigenvalue weighted by Crippen LogP contribution is 2.47. The number of amides is 2. The monoisotopic (exact) mass is 365 g/mol. The predicted molar refractivity (Wildman–Crippen MR) is 102 cm³/mol. The Hall–Kier alpha value is -2.82. The van der Waals surface area contributed by atoms with Crippen LogP contribution in [0.1, 0.15) is 30.7 Å². The molecule has 27 heavy (non-hydrogen) atoms. The smallest absolute Gasteiger partial charge is 0.237 e. The molecule has 0 spiro atoms. The Balaban J connectivity index is 1.65. The molecule has 3 unspecified atom stereocenters. The van der Waals surface area contributed by atoms with Crippen LogP contribution in [0.2, 0.25) is 0 Å². The molecule has 1 aliphatic heterocycles. The second kappa shape index (κ2) is 7.06. The molecular formula is C22H23NO4. The fourth-order valence-electron chi connectivity index (χ4n) is 4.42. The molecule has 3 atom stereocenters. The van der Waals surface area contributed by atoms with Gasteiger partial charge >= 0.3 is 0 Å². The summed E-state index contributed by atoms with van der Waals surface area (Å²) in [6.45, 7) is 0. The zero-order valence-electron chi connectivity index (χ0n) is 15.6. The lowest BCUT2D eigenvalue weighted by molar-refractivity contribution is -0.122. The number of benzene rings is 2. The summed E-state index contributed by atoms with van der Waals surface area (Å²) in [5.41, 5.74) is 1.71. The normalized spacial score (nSPS) is 24.7. The summed E-state index contributed by atoms with van der Waals surface area (Å²) in [7, 11) is 3.10. The first kappa shape index (κ1) is 17.6. The number of carbonyl (C=O) groups is 2. The van der Waals surface area contributed by atoms with Crippen LogP contribution in [0.25, 0.3) is 0 Å². The Morgan fingerprint density at radius 3 is 2.33 bits per heavy atom. The molecule has 4 rings (SSSR count). The number of imide groups is 1. The molecule has 1 saturated carbocycles. The maximum absolute atomic E-state index is 13.2. The minimum Gasteiger partial charge on any atom is -0.497 e. The van der Waals surface area contributed by atoms with E-state index < -0.39 is 0 Å². The first-order chi connectivity index (χ1) is 13.1. The molecule has 0 bridgehead atoms. The Morgan fingerprint density at radius 2 is 1.63 bits per heavy atom. The summed E-state index contributed by atoms with van der Waals surface area (Å²) in [6.07, 6.45) is 2.37. The maximum atomic E-state index is 13.2. The van der Waals surface area contributed by atoms with Crippen LogP contribution >= 0.6 is 0 Å². The highest BCUT2D eigenvalue weighted by atomic mass is 16.5. The molecule has 2 amide bonds. The zero-order valence-corrected chi connectivity index (χ0v) is 15.6. The van der Waals surface area contributed by atoms with E-state index in [0.717, 1.165) is 12.8 Å². The van der Waals surface area contributed by atoms with Gasteiger partial charge in [-0.2, -0.15) is 0 Å². The van der Waals surface area contributed by atoms with E-state index in [9.17, 15) is 9.59 Å². The van der Waals surface area contributed by atoms with Gasteiger partial charge in [0.15, 0.2) is 0 Å². The number of fused-ring (bicyclic) bond motifs is 1. The third-order valence-corrected chi connectivity index (χ3v) is 5.82. The van der Waals surface area contributed by atoms with E-state index in [2.05, 4.69) is 12.1 Å². The highest BCUT2D eigenvalue weighted by Gasteiger charge is 2.51. The van der Waals surface area contributed by atoms with Crippen LogP contribution in [0.15, 0.2) is 48.5 Å². The lowest BCUT2D eigenvalue weighted by Crippen LogP contribution is -2.31. The van der Waals surface area contributed by atoms with Crippen LogP contribution in [0.3, 0.4) is 0 Å². The third-order valence-electron chi connectivity index (χ3n) is 5.82. The SMILES string of the molecule is COc1ccc(OC)c(N2C(=O)C3CCC(c4ccccc4)CC3C2=O)c1. The average Bonchev–Trinajstić information content (AvgIpc) is 2.98. The number of hydrogen-bond donors (Lipinski definition) is 0. The van der Waals surface area contributed by atoms with Gasteiger partial charge in [-0.3, -0.25) is 9.59 Å². The van der Waals surface area contributed by atoms with Gasteiger partial charge in [0.25, 0.3) is 0 Å². The largest absolute Gasteiger partial charge is 0.497 e. The minimum absolute atomic E-state index is 0.122. The van der Waals surface area contributed by atoms with Gasteiger partial charge in [-0.15, -0.1) is 0 Å². The average molecular weight is 365 g/mol. The number of nitrogens with zero attached hydrogens (tertiary/aromatic N) is 1. The van der Waals surface area contributed by atoms with E-state index >= 15 is 0 Å². The van der Waals surface area contributed by atoms with Gasteiger partial charge in [0.05, 0.1) is 31.7 Å². The molecule has 2 aliphatic rings. The van der Waals surface area contributed by atoms with Crippen molar-refractivity contribution in [3.63, 3.8) is 0 Å².